The lowest BCUT2D eigenvalue weighted by Gasteiger charge is -2.10. The SMILES string of the molecule is CN1CC(CCNC(=O)COc2ccc(Cl)cc2Cl)OC1=O. The number of carbonyl (C=O) groups is 2. The molecule has 0 aromatic heterocycles. The van der Waals surface area contributed by atoms with Gasteiger partial charge in [0.05, 0.1) is 11.6 Å². The zero-order valence-corrected chi connectivity index (χ0v) is 13.5. The molecule has 6 nitrogen and oxygen atoms in total. The third kappa shape index (κ3) is 4.68. The number of benzene rings is 1. The largest absolute Gasteiger partial charge is 0.482 e. The number of hydrogen-bond acceptors (Lipinski definition) is 4. The summed E-state index contributed by atoms with van der Waals surface area (Å²) in [5.41, 5.74) is 0. The van der Waals surface area contributed by atoms with Crippen LogP contribution in [0.3, 0.4) is 0 Å². The summed E-state index contributed by atoms with van der Waals surface area (Å²) in [6.45, 7) is 0.791. The van der Waals surface area contributed by atoms with Crippen molar-refractivity contribution in [3.8, 4) is 5.75 Å². The molecule has 1 aromatic rings. The number of ether oxygens (including phenoxy) is 2. The minimum absolute atomic E-state index is 0.147. The maximum absolute atomic E-state index is 11.7. The zero-order chi connectivity index (χ0) is 16.1. The second-order valence-electron chi connectivity index (χ2n) is 4.89. The van der Waals surface area contributed by atoms with Gasteiger partial charge in [-0.3, -0.25) is 4.79 Å². The summed E-state index contributed by atoms with van der Waals surface area (Å²) in [6, 6.07) is 4.78. The van der Waals surface area contributed by atoms with Crippen LogP contribution in [0.1, 0.15) is 6.42 Å². The van der Waals surface area contributed by atoms with E-state index in [4.69, 9.17) is 32.7 Å². The topological polar surface area (TPSA) is 67.9 Å². The first-order valence-corrected chi connectivity index (χ1v) is 7.47. The van der Waals surface area contributed by atoms with Crippen LogP contribution < -0.4 is 10.1 Å². The Bertz CT molecular complexity index is 568. The van der Waals surface area contributed by atoms with Crippen LogP contribution in [0.15, 0.2) is 18.2 Å². The molecule has 1 aliphatic rings. The number of cyclic esters (lactones) is 1. The normalized spacial score (nSPS) is 17.3. The van der Waals surface area contributed by atoms with Crippen LogP contribution in [0.2, 0.25) is 10.0 Å². The van der Waals surface area contributed by atoms with Crippen molar-refractivity contribution in [2.24, 2.45) is 0 Å². The molecule has 1 aliphatic heterocycles. The monoisotopic (exact) mass is 346 g/mol. The average Bonchev–Trinajstić information content (AvgIpc) is 2.76. The van der Waals surface area contributed by atoms with Gasteiger partial charge in [0.1, 0.15) is 11.9 Å². The molecule has 8 heteroatoms. The van der Waals surface area contributed by atoms with Crippen molar-refractivity contribution in [1.82, 2.24) is 10.2 Å². The Hall–Kier alpha value is -1.66. The molecular weight excluding hydrogens is 331 g/mol. The lowest BCUT2D eigenvalue weighted by Crippen LogP contribution is -2.32. The summed E-state index contributed by atoms with van der Waals surface area (Å²) < 4.78 is 10.4. The predicted molar refractivity (Wildman–Crippen MR) is 82.5 cm³/mol. The molecular formula is C14H16Cl2N2O4. The summed E-state index contributed by atoms with van der Waals surface area (Å²) in [5, 5.41) is 3.54. The lowest BCUT2D eigenvalue weighted by molar-refractivity contribution is -0.123. The minimum Gasteiger partial charge on any atom is -0.482 e. The summed E-state index contributed by atoms with van der Waals surface area (Å²) in [6.07, 6.45) is 0.0326. The van der Waals surface area contributed by atoms with E-state index in [0.717, 1.165) is 0 Å². The van der Waals surface area contributed by atoms with Crippen molar-refractivity contribution in [1.29, 1.82) is 0 Å². The molecule has 0 radical (unpaired) electrons. The van der Waals surface area contributed by atoms with Crippen molar-refractivity contribution in [2.45, 2.75) is 12.5 Å². The van der Waals surface area contributed by atoms with Crippen molar-refractivity contribution < 1.29 is 19.1 Å². The van der Waals surface area contributed by atoms with Gasteiger partial charge < -0.3 is 19.7 Å². The first-order valence-electron chi connectivity index (χ1n) is 6.72. The maximum atomic E-state index is 11.7. The fourth-order valence-corrected chi connectivity index (χ4v) is 2.42. The van der Waals surface area contributed by atoms with Gasteiger partial charge in [-0.05, 0) is 18.2 Å². The first kappa shape index (κ1) is 16.7. The second kappa shape index (κ2) is 7.56. The van der Waals surface area contributed by atoms with E-state index in [9.17, 15) is 9.59 Å². The van der Waals surface area contributed by atoms with E-state index >= 15 is 0 Å². The third-order valence-corrected chi connectivity index (χ3v) is 3.63. The maximum Gasteiger partial charge on any atom is 0.409 e. The Morgan fingerprint density at radius 3 is 2.91 bits per heavy atom. The van der Waals surface area contributed by atoms with E-state index in [1.54, 1.807) is 25.2 Å². The fraction of sp³-hybridized carbons (Fsp3) is 0.429. The molecule has 1 aromatic carbocycles. The molecule has 1 fully saturated rings. The number of hydrogen-bond donors (Lipinski definition) is 1. The molecule has 0 spiro atoms. The highest BCUT2D eigenvalue weighted by Crippen LogP contribution is 2.27. The van der Waals surface area contributed by atoms with Crippen molar-refractivity contribution >= 4 is 35.2 Å². The average molecular weight is 347 g/mol. The van der Waals surface area contributed by atoms with Gasteiger partial charge >= 0.3 is 6.09 Å². The van der Waals surface area contributed by atoms with Crippen molar-refractivity contribution in [3.05, 3.63) is 28.2 Å². The molecule has 0 saturated carbocycles. The number of halogens is 2. The Morgan fingerprint density at radius 2 is 2.27 bits per heavy atom. The molecule has 0 aliphatic carbocycles. The minimum atomic E-state index is -0.336. The van der Waals surface area contributed by atoms with E-state index in [-0.39, 0.29) is 24.7 Å². The summed E-state index contributed by atoms with van der Waals surface area (Å²) in [7, 11) is 1.67. The molecule has 1 unspecified atom stereocenters. The quantitative estimate of drug-likeness (QED) is 0.858. The first-order chi connectivity index (χ1) is 10.5. The summed E-state index contributed by atoms with van der Waals surface area (Å²) in [5.74, 6) is 0.122. The fourth-order valence-electron chi connectivity index (χ4n) is 1.96. The number of nitrogens with one attached hydrogen (secondary N) is 1. The van der Waals surface area contributed by atoms with Gasteiger partial charge in [-0.2, -0.15) is 0 Å². The summed E-state index contributed by atoms with van der Waals surface area (Å²) in [4.78, 5) is 24.3. The molecule has 1 atom stereocenters. The van der Waals surface area contributed by atoms with Crippen LogP contribution in [0.4, 0.5) is 4.79 Å². The van der Waals surface area contributed by atoms with E-state index in [1.807, 2.05) is 0 Å². The molecule has 1 N–H and O–H groups in total. The Labute approximate surface area is 138 Å². The highest BCUT2D eigenvalue weighted by atomic mass is 35.5. The number of carbonyl (C=O) groups excluding carboxylic acids is 2. The third-order valence-electron chi connectivity index (χ3n) is 3.10. The Balaban J connectivity index is 1.67. The number of rotatable bonds is 6. The zero-order valence-electron chi connectivity index (χ0n) is 12.0. The van der Waals surface area contributed by atoms with Gasteiger partial charge in [-0.1, -0.05) is 23.2 Å². The van der Waals surface area contributed by atoms with E-state index in [0.29, 0.717) is 35.3 Å². The number of likely N-dealkylation sites (N-methyl/N-ethyl adjacent to an activating group) is 1. The van der Waals surface area contributed by atoms with E-state index in [2.05, 4.69) is 5.32 Å². The van der Waals surface area contributed by atoms with Crippen LogP contribution in [-0.4, -0.2) is 49.7 Å². The van der Waals surface area contributed by atoms with Gasteiger partial charge in [0.2, 0.25) is 0 Å². The Kier molecular flexibility index (Phi) is 5.74. The smallest absolute Gasteiger partial charge is 0.409 e. The number of nitrogens with zero attached hydrogens (tertiary/aromatic N) is 1. The molecule has 22 heavy (non-hydrogen) atoms. The molecule has 2 rings (SSSR count). The van der Waals surface area contributed by atoms with E-state index in [1.165, 1.54) is 4.90 Å². The van der Waals surface area contributed by atoms with E-state index < -0.39 is 0 Å². The second-order valence-corrected chi connectivity index (χ2v) is 5.73. The lowest BCUT2D eigenvalue weighted by atomic mass is 10.2. The van der Waals surface area contributed by atoms with Gasteiger partial charge in [-0.15, -0.1) is 0 Å². The standard InChI is InChI=1S/C14H16Cl2N2O4/c1-18-7-10(22-14(18)20)4-5-17-13(19)8-21-12-3-2-9(15)6-11(12)16/h2-3,6,10H,4-5,7-8H2,1H3,(H,17,19). The van der Waals surface area contributed by atoms with Crippen LogP contribution in [-0.2, 0) is 9.53 Å². The molecule has 120 valence electrons. The van der Waals surface area contributed by atoms with Crippen LogP contribution >= 0.6 is 23.2 Å². The van der Waals surface area contributed by atoms with Crippen molar-refractivity contribution in [3.63, 3.8) is 0 Å². The van der Waals surface area contributed by atoms with Gasteiger partial charge in [0.25, 0.3) is 5.91 Å². The van der Waals surface area contributed by atoms with Crippen LogP contribution in [0, 0.1) is 0 Å². The number of amides is 2. The van der Waals surface area contributed by atoms with Gasteiger partial charge in [0, 0.05) is 25.0 Å². The van der Waals surface area contributed by atoms with Gasteiger partial charge in [0.15, 0.2) is 6.61 Å². The molecule has 1 heterocycles. The van der Waals surface area contributed by atoms with Crippen LogP contribution in [0.5, 0.6) is 5.75 Å². The predicted octanol–water partition coefficient (Wildman–Crippen LogP) is 2.33. The van der Waals surface area contributed by atoms with Crippen molar-refractivity contribution in [2.75, 3.05) is 26.7 Å². The molecule has 1 saturated heterocycles. The Morgan fingerprint density at radius 1 is 1.50 bits per heavy atom. The molecule has 2 amide bonds. The highest BCUT2D eigenvalue weighted by Gasteiger charge is 2.27. The summed E-state index contributed by atoms with van der Waals surface area (Å²) >= 11 is 11.7. The molecule has 0 bridgehead atoms. The highest BCUT2D eigenvalue weighted by molar-refractivity contribution is 6.35. The van der Waals surface area contributed by atoms with Gasteiger partial charge in [-0.25, -0.2) is 4.79 Å². The van der Waals surface area contributed by atoms with Crippen LogP contribution in [0.25, 0.3) is 0 Å².